The Bertz CT molecular complexity index is 602. The van der Waals surface area contributed by atoms with Crippen LogP contribution in [0, 0.1) is 28.1 Å². The number of nitrogens with zero attached hydrogens (tertiary/aromatic N) is 1. The lowest BCUT2D eigenvalue weighted by Crippen LogP contribution is -2.39. The molecule has 3 atom stereocenters. The molecular weight excluding hydrogens is 262 g/mol. The van der Waals surface area contributed by atoms with Crippen LogP contribution in [0.5, 0.6) is 11.5 Å². The molecule has 0 aliphatic heterocycles. The Labute approximate surface area is 126 Å². The minimum absolute atomic E-state index is 0.186. The third-order valence-corrected chi connectivity index (χ3v) is 6.29. The highest BCUT2D eigenvalue weighted by Crippen LogP contribution is 2.66. The molecule has 0 heterocycles. The summed E-state index contributed by atoms with van der Waals surface area (Å²) in [5.41, 5.74) is 1.08. The molecule has 0 saturated heterocycles. The highest BCUT2D eigenvalue weighted by molar-refractivity contribution is 5.47. The molecule has 0 amide bonds. The van der Waals surface area contributed by atoms with Crippen molar-refractivity contribution in [2.75, 3.05) is 7.11 Å². The van der Waals surface area contributed by atoms with Crippen molar-refractivity contribution in [3.8, 4) is 17.6 Å². The Morgan fingerprint density at radius 1 is 1.29 bits per heavy atom. The number of methoxy groups -OCH3 is 1. The zero-order chi connectivity index (χ0) is 15.3. The Morgan fingerprint density at radius 2 is 2.05 bits per heavy atom. The lowest BCUT2D eigenvalue weighted by Gasteiger charge is -2.39. The van der Waals surface area contributed by atoms with E-state index < -0.39 is 0 Å². The summed E-state index contributed by atoms with van der Waals surface area (Å²) in [7, 11) is 1.63. The van der Waals surface area contributed by atoms with Crippen LogP contribution in [0.4, 0.5) is 0 Å². The topological polar surface area (TPSA) is 42.2 Å². The van der Waals surface area contributed by atoms with Crippen molar-refractivity contribution >= 4 is 0 Å². The fraction of sp³-hybridized carbons (Fsp3) is 0.611. The van der Waals surface area contributed by atoms with Crippen LogP contribution in [0.2, 0.25) is 0 Å². The zero-order valence-electron chi connectivity index (χ0n) is 13.3. The van der Waals surface area contributed by atoms with Crippen molar-refractivity contribution in [1.29, 1.82) is 5.26 Å². The molecule has 2 saturated carbocycles. The van der Waals surface area contributed by atoms with E-state index in [2.05, 4.69) is 26.8 Å². The second-order valence-electron chi connectivity index (χ2n) is 7.19. The molecule has 0 aromatic heterocycles. The van der Waals surface area contributed by atoms with E-state index in [-0.39, 0.29) is 11.5 Å². The maximum absolute atomic E-state index is 9.28. The Morgan fingerprint density at radius 3 is 2.57 bits per heavy atom. The number of hydrogen-bond acceptors (Lipinski definition) is 3. The largest absolute Gasteiger partial charge is 0.497 e. The second-order valence-corrected chi connectivity index (χ2v) is 7.19. The maximum Gasteiger partial charge on any atom is 0.141 e. The number of fused-ring (bicyclic) bond motifs is 2. The molecule has 0 N–H and O–H groups in total. The molecule has 2 aliphatic carbocycles. The van der Waals surface area contributed by atoms with Gasteiger partial charge >= 0.3 is 0 Å². The molecule has 3 unspecified atom stereocenters. The Hall–Kier alpha value is -1.69. The molecule has 0 spiro atoms. The van der Waals surface area contributed by atoms with Gasteiger partial charge in [0.2, 0.25) is 0 Å². The van der Waals surface area contributed by atoms with Crippen LogP contribution in [-0.2, 0) is 0 Å². The summed E-state index contributed by atoms with van der Waals surface area (Å²) >= 11 is 0. The van der Waals surface area contributed by atoms with Gasteiger partial charge in [-0.25, -0.2) is 0 Å². The smallest absolute Gasteiger partial charge is 0.141 e. The normalized spacial score (nSPS) is 32.7. The van der Waals surface area contributed by atoms with Gasteiger partial charge in [0, 0.05) is 11.5 Å². The van der Waals surface area contributed by atoms with Gasteiger partial charge in [-0.05, 0) is 42.7 Å². The molecule has 2 fully saturated rings. The van der Waals surface area contributed by atoms with Gasteiger partial charge in [0.25, 0.3) is 0 Å². The summed E-state index contributed by atoms with van der Waals surface area (Å²) < 4.78 is 11.6. The second kappa shape index (κ2) is 4.66. The first-order valence-corrected chi connectivity index (χ1v) is 7.67. The van der Waals surface area contributed by atoms with Gasteiger partial charge < -0.3 is 9.47 Å². The van der Waals surface area contributed by atoms with E-state index in [0.29, 0.717) is 16.7 Å². The first kappa shape index (κ1) is 14.3. The average molecular weight is 285 g/mol. The zero-order valence-corrected chi connectivity index (χ0v) is 13.3. The van der Waals surface area contributed by atoms with Crippen molar-refractivity contribution in [3.05, 3.63) is 23.8 Å². The summed E-state index contributed by atoms with van der Waals surface area (Å²) in [5, 5.41) is 9.28. The third kappa shape index (κ3) is 1.92. The third-order valence-electron chi connectivity index (χ3n) is 6.29. The molecule has 3 heteroatoms. The first-order chi connectivity index (χ1) is 9.92. The van der Waals surface area contributed by atoms with Gasteiger partial charge in [0.15, 0.2) is 0 Å². The van der Waals surface area contributed by atoms with Crippen LogP contribution in [0.3, 0.4) is 0 Å². The average Bonchev–Trinajstić information content (AvgIpc) is 2.80. The fourth-order valence-corrected chi connectivity index (χ4v) is 4.28. The molecule has 2 aliphatic rings. The van der Waals surface area contributed by atoms with E-state index >= 15 is 0 Å². The number of nitriles is 1. The molecule has 1 aromatic carbocycles. The minimum Gasteiger partial charge on any atom is -0.497 e. The predicted molar refractivity (Wildman–Crippen MR) is 81.4 cm³/mol. The van der Waals surface area contributed by atoms with Gasteiger partial charge in [0.05, 0.1) is 12.7 Å². The molecule has 1 aromatic rings. The van der Waals surface area contributed by atoms with E-state index in [4.69, 9.17) is 9.47 Å². The lowest BCUT2D eigenvalue weighted by molar-refractivity contribution is 0.0299. The van der Waals surface area contributed by atoms with Crippen molar-refractivity contribution in [2.24, 2.45) is 16.7 Å². The van der Waals surface area contributed by atoms with Crippen molar-refractivity contribution in [3.63, 3.8) is 0 Å². The summed E-state index contributed by atoms with van der Waals surface area (Å²) in [6, 6.07) is 7.63. The summed E-state index contributed by atoms with van der Waals surface area (Å²) in [5.74, 6) is 2.12. The number of rotatable bonds is 3. The van der Waals surface area contributed by atoms with E-state index in [0.717, 1.165) is 18.1 Å². The first-order valence-electron chi connectivity index (χ1n) is 7.67. The van der Waals surface area contributed by atoms with Crippen molar-refractivity contribution in [1.82, 2.24) is 0 Å². The fourth-order valence-electron chi connectivity index (χ4n) is 4.28. The molecule has 3 rings (SSSR count). The van der Waals surface area contributed by atoms with E-state index in [1.807, 2.05) is 6.07 Å². The predicted octanol–water partition coefficient (Wildman–Crippen LogP) is 4.16. The van der Waals surface area contributed by atoms with Gasteiger partial charge in [-0.3, -0.25) is 0 Å². The molecule has 2 bridgehead atoms. The van der Waals surface area contributed by atoms with Crippen LogP contribution in [0.15, 0.2) is 18.2 Å². The monoisotopic (exact) mass is 285 g/mol. The molecule has 0 radical (unpaired) electrons. The molecule has 3 nitrogen and oxygen atoms in total. The van der Waals surface area contributed by atoms with Crippen LogP contribution in [0.25, 0.3) is 0 Å². The van der Waals surface area contributed by atoms with Gasteiger partial charge in [-0.2, -0.15) is 5.26 Å². The minimum atomic E-state index is 0.186. The van der Waals surface area contributed by atoms with Crippen LogP contribution < -0.4 is 9.47 Å². The summed E-state index contributed by atoms with van der Waals surface area (Å²) in [4.78, 5) is 0. The van der Waals surface area contributed by atoms with E-state index in [1.165, 1.54) is 12.8 Å². The van der Waals surface area contributed by atoms with Crippen molar-refractivity contribution in [2.45, 2.75) is 46.1 Å². The van der Waals surface area contributed by atoms with E-state index in [1.54, 1.807) is 19.2 Å². The van der Waals surface area contributed by atoms with Gasteiger partial charge in [-0.15, -0.1) is 0 Å². The quantitative estimate of drug-likeness (QED) is 0.837. The van der Waals surface area contributed by atoms with Crippen LogP contribution in [0.1, 0.15) is 45.6 Å². The Balaban J connectivity index is 1.90. The Kier molecular flexibility index (Phi) is 3.16. The highest BCUT2D eigenvalue weighted by atomic mass is 16.5. The maximum atomic E-state index is 9.28. The van der Waals surface area contributed by atoms with Gasteiger partial charge in [-0.1, -0.05) is 20.8 Å². The van der Waals surface area contributed by atoms with Crippen LogP contribution >= 0.6 is 0 Å². The summed E-state index contributed by atoms with van der Waals surface area (Å²) in [6.07, 6.45) is 3.78. The van der Waals surface area contributed by atoms with Gasteiger partial charge in [0.1, 0.15) is 23.7 Å². The highest BCUT2D eigenvalue weighted by Gasteiger charge is 2.62. The molecule has 21 heavy (non-hydrogen) atoms. The van der Waals surface area contributed by atoms with Crippen LogP contribution in [-0.4, -0.2) is 13.2 Å². The number of ether oxygens (including phenoxy) is 2. The SMILES string of the molecule is COc1ccc(C#N)c(OC2CC3CCC2(C)C3(C)C)c1. The number of hydrogen-bond donors (Lipinski definition) is 0. The molecular formula is C18H23NO2. The summed E-state index contributed by atoms with van der Waals surface area (Å²) in [6.45, 7) is 7.08. The molecule has 112 valence electrons. The lowest BCUT2D eigenvalue weighted by atomic mass is 9.70. The standard InChI is InChI=1S/C18H23NO2/c1-17(2)13-7-8-18(17,3)16(9-13)21-15-10-14(20-4)6-5-12(15)11-19/h5-6,10,13,16H,7-9H2,1-4H3. The van der Waals surface area contributed by atoms with Crippen molar-refractivity contribution < 1.29 is 9.47 Å². The van der Waals surface area contributed by atoms with E-state index in [9.17, 15) is 5.26 Å². The number of benzene rings is 1.